The van der Waals surface area contributed by atoms with Crippen molar-refractivity contribution in [3.8, 4) is 6.07 Å². The van der Waals surface area contributed by atoms with E-state index in [0.29, 0.717) is 5.56 Å². The number of amides is 2. The molecule has 0 unspecified atom stereocenters. The minimum absolute atomic E-state index is 0.121. The number of nitriles is 1. The van der Waals surface area contributed by atoms with Gasteiger partial charge in [-0.05, 0) is 59.2 Å². The first-order chi connectivity index (χ1) is 11.3. The third-order valence-electron chi connectivity index (χ3n) is 2.72. The standard InChI is InChI=1S/C18H23FN2O4/c1-17(2,3)24-15(22)21(16(23)25-18(4,5)6)11-12-7-8-13(10-20)14(19)9-12/h7-9H,11H2,1-6H3. The Labute approximate surface area is 147 Å². The number of carbonyl (C=O) groups is 2. The number of ether oxygens (including phenoxy) is 2. The second-order valence-corrected chi connectivity index (χ2v) is 7.47. The molecular weight excluding hydrogens is 327 g/mol. The predicted octanol–water partition coefficient (Wildman–Crippen LogP) is 4.37. The maximum atomic E-state index is 13.8. The van der Waals surface area contributed by atoms with Crippen molar-refractivity contribution in [2.24, 2.45) is 0 Å². The van der Waals surface area contributed by atoms with Crippen molar-refractivity contribution in [1.29, 1.82) is 5.26 Å². The van der Waals surface area contributed by atoms with E-state index in [9.17, 15) is 14.0 Å². The lowest BCUT2D eigenvalue weighted by Gasteiger charge is -2.28. The number of halogens is 1. The molecule has 7 heteroatoms. The maximum Gasteiger partial charge on any atom is 0.420 e. The highest BCUT2D eigenvalue weighted by molar-refractivity contribution is 5.88. The van der Waals surface area contributed by atoms with Crippen molar-refractivity contribution < 1.29 is 23.5 Å². The van der Waals surface area contributed by atoms with E-state index in [1.165, 1.54) is 12.1 Å². The molecule has 0 spiro atoms. The zero-order valence-electron chi connectivity index (χ0n) is 15.3. The molecule has 0 fully saturated rings. The summed E-state index contributed by atoms with van der Waals surface area (Å²) in [6, 6.07) is 5.56. The van der Waals surface area contributed by atoms with Crippen LogP contribution < -0.4 is 0 Å². The number of imide groups is 1. The number of hydrogen-bond donors (Lipinski definition) is 0. The van der Waals surface area contributed by atoms with Gasteiger partial charge in [0.1, 0.15) is 23.1 Å². The molecule has 136 valence electrons. The van der Waals surface area contributed by atoms with Crippen LogP contribution in [-0.2, 0) is 16.0 Å². The SMILES string of the molecule is CC(C)(C)OC(=O)N(Cc1ccc(C#N)c(F)c1)C(=O)OC(C)(C)C. The van der Waals surface area contributed by atoms with Crippen LogP contribution >= 0.6 is 0 Å². The van der Waals surface area contributed by atoms with E-state index in [-0.39, 0.29) is 12.1 Å². The Morgan fingerprint density at radius 3 is 1.92 bits per heavy atom. The van der Waals surface area contributed by atoms with E-state index < -0.39 is 29.2 Å². The molecule has 0 bridgehead atoms. The molecule has 0 N–H and O–H groups in total. The summed E-state index contributed by atoms with van der Waals surface area (Å²) < 4.78 is 24.2. The van der Waals surface area contributed by atoms with E-state index in [2.05, 4.69) is 0 Å². The summed E-state index contributed by atoms with van der Waals surface area (Å²) in [5.74, 6) is -0.728. The molecule has 6 nitrogen and oxygen atoms in total. The summed E-state index contributed by atoms with van der Waals surface area (Å²) in [5, 5.41) is 8.77. The summed E-state index contributed by atoms with van der Waals surface area (Å²) in [5.41, 5.74) is -1.42. The highest BCUT2D eigenvalue weighted by Crippen LogP contribution is 2.18. The van der Waals surface area contributed by atoms with Crippen LogP contribution in [0.5, 0.6) is 0 Å². The van der Waals surface area contributed by atoms with E-state index in [1.807, 2.05) is 0 Å². The van der Waals surface area contributed by atoms with Gasteiger partial charge in [0, 0.05) is 0 Å². The lowest BCUT2D eigenvalue weighted by Crippen LogP contribution is -2.43. The number of nitrogens with zero attached hydrogens (tertiary/aromatic N) is 2. The number of rotatable bonds is 2. The molecule has 0 aliphatic heterocycles. The summed E-state index contributed by atoms with van der Waals surface area (Å²) in [7, 11) is 0. The van der Waals surface area contributed by atoms with Crippen LogP contribution in [0.2, 0.25) is 0 Å². The number of benzene rings is 1. The van der Waals surface area contributed by atoms with Gasteiger partial charge in [-0.1, -0.05) is 6.07 Å². The lowest BCUT2D eigenvalue weighted by atomic mass is 10.1. The molecule has 1 rings (SSSR count). The van der Waals surface area contributed by atoms with Gasteiger partial charge in [-0.3, -0.25) is 0 Å². The van der Waals surface area contributed by atoms with Gasteiger partial charge in [0.25, 0.3) is 0 Å². The predicted molar refractivity (Wildman–Crippen MR) is 89.1 cm³/mol. The van der Waals surface area contributed by atoms with Gasteiger partial charge >= 0.3 is 12.2 Å². The molecule has 0 saturated heterocycles. The number of hydrogen-bond acceptors (Lipinski definition) is 5. The first-order valence-electron chi connectivity index (χ1n) is 7.74. The molecule has 2 amide bonds. The first-order valence-corrected chi connectivity index (χ1v) is 7.74. The Bertz CT molecular complexity index is 668. The van der Waals surface area contributed by atoms with Gasteiger partial charge in [-0.2, -0.15) is 5.26 Å². The van der Waals surface area contributed by atoms with Crippen LogP contribution in [0.3, 0.4) is 0 Å². The van der Waals surface area contributed by atoms with Crippen LogP contribution in [0.1, 0.15) is 52.7 Å². The van der Waals surface area contributed by atoms with Crippen LogP contribution in [0, 0.1) is 17.1 Å². The van der Waals surface area contributed by atoms with Gasteiger partial charge in [0.2, 0.25) is 0 Å². The van der Waals surface area contributed by atoms with Crippen LogP contribution in [0.15, 0.2) is 18.2 Å². The van der Waals surface area contributed by atoms with Gasteiger partial charge in [0.15, 0.2) is 0 Å². The highest BCUT2D eigenvalue weighted by Gasteiger charge is 2.31. The lowest BCUT2D eigenvalue weighted by molar-refractivity contribution is -0.000268. The van der Waals surface area contributed by atoms with Crippen molar-refractivity contribution in [2.45, 2.75) is 59.3 Å². The van der Waals surface area contributed by atoms with Crippen molar-refractivity contribution in [3.63, 3.8) is 0 Å². The topological polar surface area (TPSA) is 79.6 Å². The zero-order valence-corrected chi connectivity index (χ0v) is 15.3. The summed E-state index contributed by atoms with van der Waals surface area (Å²) in [6.45, 7) is 9.75. The molecule has 0 saturated carbocycles. The minimum Gasteiger partial charge on any atom is -0.443 e. The van der Waals surface area contributed by atoms with Gasteiger partial charge in [0.05, 0.1) is 12.1 Å². The average Bonchev–Trinajstić information content (AvgIpc) is 2.40. The Morgan fingerprint density at radius 1 is 1.08 bits per heavy atom. The summed E-state index contributed by atoms with van der Waals surface area (Å²) >= 11 is 0. The molecule has 0 heterocycles. The van der Waals surface area contributed by atoms with Crippen LogP contribution in [0.4, 0.5) is 14.0 Å². The molecule has 0 atom stereocenters. The molecule has 25 heavy (non-hydrogen) atoms. The van der Waals surface area contributed by atoms with Crippen molar-refractivity contribution in [1.82, 2.24) is 4.90 Å². The quantitative estimate of drug-likeness (QED) is 0.791. The second-order valence-electron chi connectivity index (χ2n) is 7.47. The third kappa shape index (κ3) is 6.79. The fourth-order valence-electron chi connectivity index (χ4n) is 1.77. The molecule has 0 aliphatic carbocycles. The third-order valence-corrected chi connectivity index (χ3v) is 2.72. The first kappa shape index (κ1) is 20.4. The molecule has 1 aromatic rings. The van der Waals surface area contributed by atoms with Crippen molar-refractivity contribution in [3.05, 3.63) is 35.1 Å². The Hall–Kier alpha value is -2.62. The van der Waals surface area contributed by atoms with E-state index >= 15 is 0 Å². The van der Waals surface area contributed by atoms with Crippen molar-refractivity contribution >= 4 is 12.2 Å². The summed E-state index contributed by atoms with van der Waals surface area (Å²) in [4.78, 5) is 25.5. The van der Waals surface area contributed by atoms with E-state index in [0.717, 1.165) is 11.0 Å². The fraction of sp³-hybridized carbons (Fsp3) is 0.500. The maximum absolute atomic E-state index is 13.8. The van der Waals surface area contributed by atoms with E-state index in [1.54, 1.807) is 47.6 Å². The minimum atomic E-state index is -0.897. The molecule has 0 aromatic heterocycles. The molecule has 1 aromatic carbocycles. The zero-order chi connectivity index (χ0) is 19.4. The number of carbonyl (C=O) groups excluding carboxylic acids is 2. The molecular formula is C18H23FN2O4. The van der Waals surface area contributed by atoms with Crippen LogP contribution in [0.25, 0.3) is 0 Å². The van der Waals surface area contributed by atoms with Crippen LogP contribution in [-0.4, -0.2) is 28.3 Å². The van der Waals surface area contributed by atoms with Crippen molar-refractivity contribution in [2.75, 3.05) is 0 Å². The second kappa shape index (κ2) is 7.51. The smallest absolute Gasteiger partial charge is 0.420 e. The van der Waals surface area contributed by atoms with Gasteiger partial charge in [-0.25, -0.2) is 18.9 Å². The normalized spacial score (nSPS) is 11.4. The fourth-order valence-corrected chi connectivity index (χ4v) is 1.77. The average molecular weight is 350 g/mol. The van der Waals surface area contributed by atoms with Gasteiger partial charge in [-0.15, -0.1) is 0 Å². The molecule has 0 radical (unpaired) electrons. The summed E-state index contributed by atoms with van der Waals surface area (Å²) in [6.07, 6.45) is -1.79. The largest absolute Gasteiger partial charge is 0.443 e. The molecule has 0 aliphatic rings. The Balaban J connectivity index is 3.10. The van der Waals surface area contributed by atoms with E-state index in [4.69, 9.17) is 14.7 Å². The Morgan fingerprint density at radius 2 is 1.56 bits per heavy atom. The highest BCUT2D eigenvalue weighted by atomic mass is 19.1. The Kier molecular flexibility index (Phi) is 6.14. The monoisotopic (exact) mass is 350 g/mol. The van der Waals surface area contributed by atoms with Gasteiger partial charge < -0.3 is 9.47 Å².